The molecule has 0 radical (unpaired) electrons. The van der Waals surface area contributed by atoms with E-state index in [2.05, 4.69) is 25.2 Å². The Bertz CT molecular complexity index is 288. The summed E-state index contributed by atoms with van der Waals surface area (Å²) in [5.74, 6) is -0.138. The zero-order valence-electron chi connectivity index (χ0n) is 9.00. The zero-order chi connectivity index (χ0) is 10.8. The molecular formula is C11H18N2O. The first-order valence-electron chi connectivity index (χ1n) is 4.86. The van der Waals surface area contributed by atoms with Crippen LogP contribution in [0.1, 0.15) is 27.2 Å². The summed E-state index contributed by atoms with van der Waals surface area (Å²) in [6.45, 7) is 5.99. The fourth-order valence-electron chi connectivity index (χ4n) is 1.17. The molecule has 0 fully saturated rings. The molecule has 0 spiro atoms. The molecule has 0 aromatic heterocycles. The summed E-state index contributed by atoms with van der Waals surface area (Å²) in [6, 6.07) is -0.459. The number of hydrogen-bond donors (Lipinski definition) is 2. The van der Waals surface area contributed by atoms with Crippen LogP contribution in [0.15, 0.2) is 23.9 Å². The van der Waals surface area contributed by atoms with Gasteiger partial charge in [0.1, 0.15) is 0 Å². The molecule has 3 heteroatoms. The zero-order valence-corrected chi connectivity index (χ0v) is 9.00. The third kappa shape index (κ3) is 3.00. The molecule has 1 atom stereocenters. The molecule has 1 aliphatic rings. The summed E-state index contributed by atoms with van der Waals surface area (Å²) in [4.78, 5) is 11.3. The topological polar surface area (TPSA) is 55.1 Å². The maximum atomic E-state index is 11.3. The molecule has 0 bridgehead atoms. The first kappa shape index (κ1) is 11.0. The van der Waals surface area contributed by atoms with Gasteiger partial charge in [0.15, 0.2) is 0 Å². The Morgan fingerprint density at radius 3 is 2.71 bits per heavy atom. The van der Waals surface area contributed by atoms with Gasteiger partial charge in [-0.3, -0.25) is 4.79 Å². The molecule has 0 aromatic rings. The van der Waals surface area contributed by atoms with Gasteiger partial charge in [-0.1, -0.05) is 26.0 Å². The summed E-state index contributed by atoms with van der Waals surface area (Å²) in [5, 5.41) is 2.77. The van der Waals surface area contributed by atoms with Gasteiger partial charge in [0, 0.05) is 5.70 Å². The van der Waals surface area contributed by atoms with Crippen LogP contribution in [0.2, 0.25) is 0 Å². The van der Waals surface area contributed by atoms with Crippen LogP contribution >= 0.6 is 0 Å². The molecule has 0 saturated heterocycles. The van der Waals surface area contributed by atoms with E-state index in [0.717, 1.165) is 12.1 Å². The molecule has 1 aliphatic carbocycles. The number of carbonyl (C=O) groups excluding carboxylic acids is 1. The fraction of sp³-hybridized carbons (Fsp3) is 0.545. The third-order valence-corrected chi connectivity index (χ3v) is 2.24. The van der Waals surface area contributed by atoms with E-state index in [1.165, 1.54) is 0 Å². The third-order valence-electron chi connectivity index (χ3n) is 2.24. The van der Waals surface area contributed by atoms with Crippen molar-refractivity contribution in [2.75, 3.05) is 0 Å². The van der Waals surface area contributed by atoms with Crippen LogP contribution in [0.25, 0.3) is 0 Å². The van der Waals surface area contributed by atoms with Crippen molar-refractivity contribution >= 4 is 5.91 Å². The van der Waals surface area contributed by atoms with Gasteiger partial charge >= 0.3 is 0 Å². The van der Waals surface area contributed by atoms with Crippen LogP contribution < -0.4 is 11.1 Å². The minimum Gasteiger partial charge on any atom is -0.325 e. The second-order valence-electron chi connectivity index (χ2n) is 4.46. The predicted octanol–water partition coefficient (Wildman–Crippen LogP) is 1.32. The van der Waals surface area contributed by atoms with Crippen molar-refractivity contribution in [1.82, 2.24) is 5.32 Å². The molecule has 0 aromatic carbocycles. The lowest BCUT2D eigenvalue weighted by Gasteiger charge is -2.23. The number of nitrogens with two attached hydrogens (primary N) is 1. The summed E-state index contributed by atoms with van der Waals surface area (Å²) >= 11 is 0. The highest BCUT2D eigenvalue weighted by atomic mass is 16.2. The van der Waals surface area contributed by atoms with E-state index >= 15 is 0 Å². The molecule has 3 nitrogen and oxygen atoms in total. The number of allylic oxidation sites excluding steroid dienone is 3. The lowest BCUT2D eigenvalue weighted by molar-refractivity contribution is -0.121. The Balaban J connectivity index is 2.55. The lowest BCUT2D eigenvalue weighted by atomic mass is 9.85. The van der Waals surface area contributed by atoms with Crippen molar-refractivity contribution in [2.24, 2.45) is 11.1 Å². The van der Waals surface area contributed by atoms with E-state index < -0.39 is 6.04 Å². The van der Waals surface area contributed by atoms with Gasteiger partial charge < -0.3 is 11.1 Å². The SMILES string of the molecule is CC(N)C(=O)NC1=CCC(C)(C)C=C1. The quantitative estimate of drug-likeness (QED) is 0.696. The molecule has 1 unspecified atom stereocenters. The molecule has 1 amide bonds. The summed E-state index contributed by atoms with van der Waals surface area (Å²) in [7, 11) is 0. The van der Waals surface area contributed by atoms with Crippen LogP contribution in [0.4, 0.5) is 0 Å². The molecule has 14 heavy (non-hydrogen) atoms. The lowest BCUT2D eigenvalue weighted by Crippen LogP contribution is -2.37. The van der Waals surface area contributed by atoms with Gasteiger partial charge in [-0.15, -0.1) is 0 Å². The minimum atomic E-state index is -0.459. The number of rotatable bonds is 2. The van der Waals surface area contributed by atoms with E-state index in [-0.39, 0.29) is 11.3 Å². The van der Waals surface area contributed by atoms with Crippen molar-refractivity contribution in [2.45, 2.75) is 33.2 Å². The highest BCUT2D eigenvalue weighted by Gasteiger charge is 2.17. The van der Waals surface area contributed by atoms with E-state index in [4.69, 9.17) is 5.73 Å². The van der Waals surface area contributed by atoms with Gasteiger partial charge in [0.05, 0.1) is 6.04 Å². The second-order valence-corrected chi connectivity index (χ2v) is 4.46. The first-order valence-corrected chi connectivity index (χ1v) is 4.86. The number of carbonyl (C=O) groups is 1. The molecule has 3 N–H and O–H groups in total. The molecule has 0 saturated carbocycles. The van der Waals surface area contributed by atoms with Crippen molar-refractivity contribution in [3.63, 3.8) is 0 Å². The summed E-state index contributed by atoms with van der Waals surface area (Å²) in [6.07, 6.45) is 7.01. The van der Waals surface area contributed by atoms with Gasteiger partial charge in [0.2, 0.25) is 5.91 Å². The number of amides is 1. The minimum absolute atomic E-state index is 0.138. The normalized spacial score (nSPS) is 21.3. The van der Waals surface area contributed by atoms with E-state index in [9.17, 15) is 4.79 Å². The second kappa shape index (κ2) is 3.96. The van der Waals surface area contributed by atoms with Crippen molar-refractivity contribution in [1.29, 1.82) is 0 Å². The van der Waals surface area contributed by atoms with Gasteiger partial charge in [0.25, 0.3) is 0 Å². The Morgan fingerprint density at radius 2 is 2.29 bits per heavy atom. The van der Waals surface area contributed by atoms with Crippen molar-refractivity contribution in [3.05, 3.63) is 23.9 Å². The highest BCUT2D eigenvalue weighted by molar-refractivity contribution is 5.83. The smallest absolute Gasteiger partial charge is 0.240 e. The van der Waals surface area contributed by atoms with E-state index in [1.54, 1.807) is 6.92 Å². The maximum absolute atomic E-state index is 11.3. The molecule has 78 valence electrons. The Morgan fingerprint density at radius 1 is 1.64 bits per heavy atom. The van der Waals surface area contributed by atoms with Gasteiger partial charge in [-0.25, -0.2) is 0 Å². The van der Waals surface area contributed by atoms with Crippen molar-refractivity contribution < 1.29 is 4.79 Å². The average Bonchev–Trinajstić information content (AvgIpc) is 2.08. The van der Waals surface area contributed by atoms with Crippen LogP contribution in [0.3, 0.4) is 0 Å². The standard InChI is InChI=1S/C11H18N2O/c1-8(12)10(14)13-9-4-6-11(2,3)7-5-9/h4-6,8H,7,12H2,1-3H3,(H,13,14). The van der Waals surface area contributed by atoms with Crippen LogP contribution in [-0.2, 0) is 4.79 Å². The maximum Gasteiger partial charge on any atom is 0.240 e. The first-order chi connectivity index (χ1) is 6.41. The Hall–Kier alpha value is -1.09. The Labute approximate surface area is 85.1 Å². The van der Waals surface area contributed by atoms with Crippen LogP contribution in [0, 0.1) is 5.41 Å². The molecule has 0 aliphatic heterocycles. The van der Waals surface area contributed by atoms with E-state index in [0.29, 0.717) is 0 Å². The van der Waals surface area contributed by atoms with E-state index in [1.807, 2.05) is 12.2 Å². The highest BCUT2D eigenvalue weighted by Crippen LogP contribution is 2.27. The van der Waals surface area contributed by atoms with Crippen molar-refractivity contribution in [3.8, 4) is 0 Å². The predicted molar refractivity (Wildman–Crippen MR) is 57.4 cm³/mol. The van der Waals surface area contributed by atoms with Gasteiger partial charge in [-0.05, 0) is 24.8 Å². The summed E-state index contributed by atoms with van der Waals surface area (Å²) < 4.78 is 0. The van der Waals surface area contributed by atoms with Crippen LogP contribution in [0.5, 0.6) is 0 Å². The van der Waals surface area contributed by atoms with Gasteiger partial charge in [-0.2, -0.15) is 0 Å². The number of hydrogen-bond acceptors (Lipinski definition) is 2. The summed E-state index contributed by atoms with van der Waals surface area (Å²) in [5.41, 5.74) is 6.49. The largest absolute Gasteiger partial charge is 0.325 e. The number of nitrogens with one attached hydrogen (secondary N) is 1. The molecular weight excluding hydrogens is 176 g/mol. The Kier molecular flexibility index (Phi) is 3.11. The molecule has 1 rings (SSSR count). The fourth-order valence-corrected chi connectivity index (χ4v) is 1.17. The monoisotopic (exact) mass is 194 g/mol. The molecule has 0 heterocycles. The average molecular weight is 194 g/mol. The van der Waals surface area contributed by atoms with Crippen LogP contribution in [-0.4, -0.2) is 11.9 Å².